The molecule has 30 heavy (non-hydrogen) atoms. The number of ether oxygens (including phenoxy) is 1. The summed E-state index contributed by atoms with van der Waals surface area (Å²) in [7, 11) is 0. The van der Waals surface area contributed by atoms with Crippen molar-refractivity contribution in [3.8, 4) is 5.75 Å². The minimum absolute atomic E-state index is 0.0342. The minimum atomic E-state index is 0.0342. The van der Waals surface area contributed by atoms with Crippen LogP contribution in [0.2, 0.25) is 0 Å². The number of hydrogen-bond acceptors (Lipinski definition) is 6. The van der Waals surface area contributed by atoms with Gasteiger partial charge in [0.15, 0.2) is 5.13 Å². The Balaban J connectivity index is 1.21. The number of carbonyl (C=O) groups excluding carboxylic acids is 1. The first-order valence-electron chi connectivity index (χ1n) is 9.85. The number of thiazole rings is 1. The third kappa shape index (κ3) is 3.86. The molecule has 4 aromatic rings. The van der Waals surface area contributed by atoms with Gasteiger partial charge >= 0.3 is 0 Å². The second kappa shape index (κ2) is 8.16. The molecule has 7 nitrogen and oxygen atoms in total. The van der Waals surface area contributed by atoms with Gasteiger partial charge < -0.3 is 18.9 Å². The summed E-state index contributed by atoms with van der Waals surface area (Å²) in [6, 6.07) is 13.3. The summed E-state index contributed by atoms with van der Waals surface area (Å²) in [5, 5.41) is 2.99. The van der Waals surface area contributed by atoms with E-state index in [2.05, 4.69) is 14.9 Å². The first kappa shape index (κ1) is 18.6. The zero-order chi connectivity index (χ0) is 20.3. The number of amides is 1. The van der Waals surface area contributed by atoms with Gasteiger partial charge in [0.25, 0.3) is 5.91 Å². The maximum atomic E-state index is 13.0. The van der Waals surface area contributed by atoms with Crippen LogP contribution >= 0.6 is 11.3 Å². The zero-order valence-corrected chi connectivity index (χ0v) is 17.2. The molecule has 0 bridgehead atoms. The molecule has 0 saturated carbocycles. The predicted molar refractivity (Wildman–Crippen MR) is 116 cm³/mol. The largest absolute Gasteiger partial charge is 0.487 e. The number of aromatic nitrogens is 3. The second-order valence-electron chi connectivity index (χ2n) is 7.11. The number of piperazine rings is 1. The minimum Gasteiger partial charge on any atom is -0.487 e. The van der Waals surface area contributed by atoms with Gasteiger partial charge in [0.2, 0.25) is 0 Å². The number of nitrogens with zero attached hydrogens (tertiary/aromatic N) is 5. The van der Waals surface area contributed by atoms with E-state index < -0.39 is 0 Å². The number of pyridine rings is 1. The van der Waals surface area contributed by atoms with Gasteiger partial charge in [-0.1, -0.05) is 12.1 Å². The summed E-state index contributed by atoms with van der Waals surface area (Å²) in [6.45, 7) is 3.31. The Kier molecular flexibility index (Phi) is 5.06. The van der Waals surface area contributed by atoms with Crippen molar-refractivity contribution < 1.29 is 9.53 Å². The van der Waals surface area contributed by atoms with Crippen molar-refractivity contribution in [1.29, 1.82) is 0 Å². The lowest BCUT2D eigenvalue weighted by atomic mass is 10.1. The normalized spacial score (nSPS) is 14.3. The fraction of sp³-hybridized carbons (Fsp3) is 0.227. The third-order valence-corrected chi connectivity index (χ3v) is 5.97. The number of rotatable bonds is 5. The highest BCUT2D eigenvalue weighted by Gasteiger charge is 2.23. The van der Waals surface area contributed by atoms with Crippen LogP contribution in [-0.4, -0.2) is 51.4 Å². The molecule has 0 atom stereocenters. The van der Waals surface area contributed by atoms with E-state index in [1.807, 2.05) is 75.7 Å². The molecule has 1 aliphatic heterocycles. The van der Waals surface area contributed by atoms with E-state index in [9.17, 15) is 4.79 Å². The van der Waals surface area contributed by atoms with Crippen LogP contribution < -0.4 is 9.64 Å². The molecule has 1 amide bonds. The van der Waals surface area contributed by atoms with Crippen molar-refractivity contribution in [2.45, 2.75) is 6.61 Å². The number of fused-ring (bicyclic) bond motifs is 1. The second-order valence-corrected chi connectivity index (χ2v) is 7.98. The molecule has 1 aromatic carbocycles. The number of anilines is 1. The van der Waals surface area contributed by atoms with Gasteiger partial charge in [-0.3, -0.25) is 4.79 Å². The third-order valence-electron chi connectivity index (χ3n) is 5.14. The standard InChI is InChI=1S/C22H21N5O2S/c28-21(25-9-11-26(12-10-25)22-23-7-13-30-22)17-4-3-5-19(14-17)29-16-18-15-27-8-2-1-6-20(27)24-18/h1-8,13-15H,9-12,16H2. The number of benzene rings is 1. The number of imidazole rings is 1. The molecular formula is C22H21N5O2S. The molecule has 3 aromatic heterocycles. The maximum absolute atomic E-state index is 13.0. The van der Waals surface area contributed by atoms with Crippen LogP contribution in [0.5, 0.6) is 5.75 Å². The lowest BCUT2D eigenvalue weighted by Gasteiger charge is -2.34. The summed E-state index contributed by atoms with van der Waals surface area (Å²) in [4.78, 5) is 26.0. The quantitative estimate of drug-likeness (QED) is 0.497. The highest BCUT2D eigenvalue weighted by Crippen LogP contribution is 2.21. The molecule has 0 unspecified atom stereocenters. The van der Waals surface area contributed by atoms with Gasteiger partial charge in [0.1, 0.15) is 18.0 Å². The highest BCUT2D eigenvalue weighted by atomic mass is 32.1. The van der Waals surface area contributed by atoms with Crippen LogP contribution in [-0.2, 0) is 6.61 Å². The first-order valence-corrected chi connectivity index (χ1v) is 10.7. The molecule has 0 spiro atoms. The van der Waals surface area contributed by atoms with Crippen molar-refractivity contribution in [3.05, 3.63) is 77.7 Å². The fourth-order valence-electron chi connectivity index (χ4n) is 3.59. The smallest absolute Gasteiger partial charge is 0.254 e. The Labute approximate surface area is 178 Å². The predicted octanol–water partition coefficient (Wildman–Crippen LogP) is 3.33. The van der Waals surface area contributed by atoms with E-state index in [1.54, 1.807) is 11.3 Å². The van der Waals surface area contributed by atoms with Crippen LogP contribution in [0.3, 0.4) is 0 Å². The van der Waals surface area contributed by atoms with Crippen molar-refractivity contribution >= 4 is 28.0 Å². The Hall–Kier alpha value is -3.39. The Bertz CT molecular complexity index is 1120. The van der Waals surface area contributed by atoms with Crippen LogP contribution in [0.1, 0.15) is 16.1 Å². The van der Waals surface area contributed by atoms with Crippen LogP contribution in [0.4, 0.5) is 5.13 Å². The molecule has 4 heterocycles. The van der Waals surface area contributed by atoms with Crippen molar-refractivity contribution in [1.82, 2.24) is 19.3 Å². The van der Waals surface area contributed by atoms with Crippen molar-refractivity contribution in [3.63, 3.8) is 0 Å². The molecule has 1 fully saturated rings. The monoisotopic (exact) mass is 419 g/mol. The van der Waals surface area contributed by atoms with Gasteiger partial charge in [-0.15, -0.1) is 11.3 Å². The average molecular weight is 420 g/mol. The van der Waals surface area contributed by atoms with Crippen molar-refractivity contribution in [2.24, 2.45) is 0 Å². The zero-order valence-electron chi connectivity index (χ0n) is 16.3. The molecule has 0 N–H and O–H groups in total. The Morgan fingerprint density at radius 1 is 1.10 bits per heavy atom. The Morgan fingerprint density at radius 3 is 2.80 bits per heavy atom. The molecular weight excluding hydrogens is 398 g/mol. The van der Waals surface area contributed by atoms with E-state index >= 15 is 0 Å². The van der Waals surface area contributed by atoms with Gasteiger partial charge in [0, 0.05) is 55.7 Å². The lowest BCUT2D eigenvalue weighted by molar-refractivity contribution is 0.0746. The topological polar surface area (TPSA) is 63.0 Å². The summed E-state index contributed by atoms with van der Waals surface area (Å²) in [5.41, 5.74) is 2.37. The highest BCUT2D eigenvalue weighted by molar-refractivity contribution is 7.13. The van der Waals surface area contributed by atoms with E-state index in [0.29, 0.717) is 31.0 Å². The average Bonchev–Trinajstić information content (AvgIpc) is 3.47. The van der Waals surface area contributed by atoms with Crippen LogP contribution in [0, 0.1) is 0 Å². The molecule has 0 radical (unpaired) electrons. The molecule has 1 saturated heterocycles. The molecule has 5 rings (SSSR count). The summed E-state index contributed by atoms with van der Waals surface area (Å²) >= 11 is 1.63. The van der Waals surface area contributed by atoms with Gasteiger partial charge in [-0.05, 0) is 30.3 Å². The molecule has 0 aliphatic carbocycles. The van der Waals surface area contributed by atoms with Gasteiger partial charge in [0.05, 0.1) is 5.69 Å². The molecule has 1 aliphatic rings. The maximum Gasteiger partial charge on any atom is 0.254 e. The lowest BCUT2D eigenvalue weighted by Crippen LogP contribution is -2.48. The van der Waals surface area contributed by atoms with Gasteiger partial charge in [-0.25, -0.2) is 9.97 Å². The molecule has 152 valence electrons. The van der Waals surface area contributed by atoms with E-state index in [1.165, 1.54) is 0 Å². The summed E-state index contributed by atoms with van der Waals surface area (Å²) in [5.74, 6) is 0.700. The summed E-state index contributed by atoms with van der Waals surface area (Å²) < 4.78 is 7.87. The van der Waals surface area contributed by atoms with E-state index in [4.69, 9.17) is 4.74 Å². The van der Waals surface area contributed by atoms with E-state index in [0.717, 1.165) is 29.6 Å². The fourth-order valence-corrected chi connectivity index (χ4v) is 4.29. The van der Waals surface area contributed by atoms with E-state index in [-0.39, 0.29) is 5.91 Å². The molecule has 8 heteroatoms. The SMILES string of the molecule is O=C(c1cccc(OCc2cn3ccccc3n2)c1)N1CCN(c2nccs2)CC1. The Morgan fingerprint density at radius 2 is 2.00 bits per heavy atom. The number of carbonyl (C=O) groups is 1. The van der Waals surface area contributed by atoms with Gasteiger partial charge in [-0.2, -0.15) is 0 Å². The van der Waals surface area contributed by atoms with Crippen LogP contribution in [0.25, 0.3) is 5.65 Å². The number of hydrogen-bond donors (Lipinski definition) is 0. The first-order chi connectivity index (χ1) is 14.8. The van der Waals surface area contributed by atoms with Crippen molar-refractivity contribution in [2.75, 3.05) is 31.1 Å². The summed E-state index contributed by atoms with van der Waals surface area (Å²) in [6.07, 6.45) is 5.72. The van der Waals surface area contributed by atoms with Crippen LogP contribution in [0.15, 0.2) is 66.4 Å².